The first-order valence-corrected chi connectivity index (χ1v) is 10.1. The van der Waals surface area contributed by atoms with Crippen molar-refractivity contribution in [3.05, 3.63) is 30.1 Å². The molecule has 3 heterocycles. The average molecular weight is 350 g/mol. The average Bonchev–Trinajstić information content (AvgIpc) is 3.06. The Morgan fingerprint density at radius 3 is 2.69 bits per heavy atom. The van der Waals surface area contributed by atoms with Crippen molar-refractivity contribution in [3.63, 3.8) is 0 Å². The number of benzene rings is 1. The van der Waals surface area contributed by atoms with Crippen LogP contribution in [0.2, 0.25) is 0 Å². The Morgan fingerprint density at radius 2 is 1.88 bits per heavy atom. The van der Waals surface area contributed by atoms with E-state index in [1.165, 1.54) is 56.1 Å². The monoisotopic (exact) mass is 350 g/mol. The standard InChI is InChI=1S/C21H27N5/c1-15-7-8-17-18(13-15)24-20-19(17)22-14-23-21(20)26-11-9-25(10-12-26)16-5-3-2-4-6-16/h7-8,13-14,16,24H,2-6,9-12H2,1H3/p+1. The normalized spacial score (nSPS) is 20.3. The summed E-state index contributed by atoms with van der Waals surface area (Å²) in [6.45, 7) is 6.77. The minimum atomic E-state index is 0.896. The molecule has 1 saturated carbocycles. The summed E-state index contributed by atoms with van der Waals surface area (Å²) in [6.07, 6.45) is 8.88. The van der Waals surface area contributed by atoms with Gasteiger partial charge in [0.2, 0.25) is 0 Å². The first-order chi connectivity index (χ1) is 12.8. The summed E-state index contributed by atoms with van der Waals surface area (Å²) in [5, 5.41) is 1.20. The molecule has 0 spiro atoms. The van der Waals surface area contributed by atoms with E-state index in [4.69, 9.17) is 0 Å². The number of anilines is 1. The van der Waals surface area contributed by atoms with Crippen LogP contribution in [0.15, 0.2) is 24.5 Å². The van der Waals surface area contributed by atoms with Gasteiger partial charge in [0.05, 0.1) is 32.2 Å². The zero-order valence-electron chi connectivity index (χ0n) is 15.6. The number of hydrogen-bond donors (Lipinski definition) is 2. The maximum atomic E-state index is 4.66. The number of nitrogens with one attached hydrogen (secondary N) is 2. The zero-order chi connectivity index (χ0) is 17.5. The van der Waals surface area contributed by atoms with E-state index in [-0.39, 0.29) is 0 Å². The molecule has 2 aromatic heterocycles. The number of aromatic nitrogens is 3. The highest BCUT2D eigenvalue weighted by Crippen LogP contribution is 2.29. The van der Waals surface area contributed by atoms with Gasteiger partial charge in [-0.3, -0.25) is 0 Å². The summed E-state index contributed by atoms with van der Waals surface area (Å²) in [5.41, 5.74) is 4.57. The lowest BCUT2D eigenvalue weighted by Gasteiger charge is -2.38. The first kappa shape index (κ1) is 16.1. The van der Waals surface area contributed by atoms with Crippen LogP contribution < -0.4 is 9.80 Å². The van der Waals surface area contributed by atoms with Crippen LogP contribution in [0.1, 0.15) is 37.7 Å². The first-order valence-electron chi connectivity index (χ1n) is 10.1. The summed E-state index contributed by atoms with van der Waals surface area (Å²) in [6, 6.07) is 7.42. The molecule has 26 heavy (non-hydrogen) atoms. The molecule has 136 valence electrons. The second-order valence-electron chi connectivity index (χ2n) is 8.08. The Labute approximate surface area is 154 Å². The van der Waals surface area contributed by atoms with Crippen molar-refractivity contribution in [1.29, 1.82) is 0 Å². The second kappa shape index (κ2) is 6.54. The number of aromatic amines is 1. The van der Waals surface area contributed by atoms with Gasteiger partial charge in [0.25, 0.3) is 0 Å². The van der Waals surface area contributed by atoms with Gasteiger partial charge in [-0.25, -0.2) is 9.97 Å². The summed E-state index contributed by atoms with van der Waals surface area (Å²) >= 11 is 0. The molecule has 3 aromatic rings. The molecule has 1 saturated heterocycles. The second-order valence-corrected chi connectivity index (χ2v) is 8.08. The van der Waals surface area contributed by atoms with Crippen molar-refractivity contribution in [3.8, 4) is 0 Å². The predicted octanol–water partition coefficient (Wildman–Crippen LogP) is 2.46. The predicted molar refractivity (Wildman–Crippen MR) is 106 cm³/mol. The molecular formula is C21H28N5+. The van der Waals surface area contributed by atoms with E-state index in [9.17, 15) is 0 Å². The fourth-order valence-corrected chi connectivity index (χ4v) is 4.96. The van der Waals surface area contributed by atoms with E-state index < -0.39 is 0 Å². The molecule has 1 aliphatic heterocycles. The van der Waals surface area contributed by atoms with Crippen LogP contribution in [0.3, 0.4) is 0 Å². The number of hydrogen-bond acceptors (Lipinski definition) is 3. The summed E-state index contributed by atoms with van der Waals surface area (Å²) in [7, 11) is 0. The number of rotatable bonds is 2. The lowest BCUT2D eigenvalue weighted by Crippen LogP contribution is -3.18. The largest absolute Gasteiger partial charge is 0.350 e. The molecule has 2 aliphatic rings. The molecule has 0 atom stereocenters. The molecule has 0 unspecified atom stereocenters. The quantitative estimate of drug-likeness (QED) is 0.746. The van der Waals surface area contributed by atoms with E-state index in [2.05, 4.69) is 45.0 Å². The summed E-state index contributed by atoms with van der Waals surface area (Å²) < 4.78 is 0. The molecule has 5 nitrogen and oxygen atoms in total. The molecular weight excluding hydrogens is 322 g/mol. The molecule has 0 amide bonds. The van der Waals surface area contributed by atoms with Gasteiger partial charge in [0.15, 0.2) is 5.82 Å². The lowest BCUT2D eigenvalue weighted by atomic mass is 9.94. The van der Waals surface area contributed by atoms with E-state index >= 15 is 0 Å². The Bertz CT molecular complexity index is 917. The van der Waals surface area contributed by atoms with Crippen molar-refractivity contribution in [2.45, 2.75) is 45.1 Å². The van der Waals surface area contributed by atoms with Crippen LogP contribution in [0, 0.1) is 6.92 Å². The van der Waals surface area contributed by atoms with E-state index in [0.717, 1.165) is 41.5 Å². The highest BCUT2D eigenvalue weighted by Gasteiger charge is 2.29. The maximum Gasteiger partial charge on any atom is 0.156 e. The fraction of sp³-hybridized carbons (Fsp3) is 0.524. The van der Waals surface area contributed by atoms with Crippen LogP contribution in [0.25, 0.3) is 21.9 Å². The van der Waals surface area contributed by atoms with Crippen LogP contribution in [0.4, 0.5) is 5.82 Å². The van der Waals surface area contributed by atoms with Gasteiger partial charge in [-0.05, 0) is 44.2 Å². The van der Waals surface area contributed by atoms with Crippen molar-refractivity contribution in [2.24, 2.45) is 0 Å². The zero-order valence-corrected chi connectivity index (χ0v) is 15.6. The Hall–Kier alpha value is -2.14. The fourth-order valence-electron chi connectivity index (χ4n) is 4.96. The van der Waals surface area contributed by atoms with Gasteiger partial charge in [0, 0.05) is 10.9 Å². The number of piperazine rings is 1. The summed E-state index contributed by atoms with van der Waals surface area (Å²) in [4.78, 5) is 17.1. The third-order valence-corrected chi connectivity index (χ3v) is 6.40. The van der Waals surface area contributed by atoms with E-state index in [1.54, 1.807) is 6.33 Å². The third kappa shape index (κ3) is 2.75. The Morgan fingerprint density at radius 1 is 1.08 bits per heavy atom. The Balaban J connectivity index is 1.42. The number of H-pyrrole nitrogens is 1. The van der Waals surface area contributed by atoms with Gasteiger partial charge in [0.1, 0.15) is 17.4 Å². The van der Waals surface area contributed by atoms with Gasteiger partial charge < -0.3 is 14.8 Å². The van der Waals surface area contributed by atoms with Crippen LogP contribution in [-0.2, 0) is 0 Å². The van der Waals surface area contributed by atoms with Crippen molar-refractivity contribution >= 4 is 27.8 Å². The van der Waals surface area contributed by atoms with Gasteiger partial charge >= 0.3 is 0 Å². The number of quaternary nitrogens is 1. The van der Waals surface area contributed by atoms with Gasteiger partial charge in [-0.1, -0.05) is 18.6 Å². The highest BCUT2D eigenvalue weighted by atomic mass is 15.3. The van der Waals surface area contributed by atoms with Gasteiger partial charge in [-0.15, -0.1) is 0 Å². The number of fused-ring (bicyclic) bond motifs is 3. The van der Waals surface area contributed by atoms with E-state index in [0.29, 0.717) is 0 Å². The number of nitrogens with zero attached hydrogens (tertiary/aromatic N) is 3. The number of aryl methyl sites for hydroxylation is 1. The van der Waals surface area contributed by atoms with Crippen molar-refractivity contribution in [1.82, 2.24) is 15.0 Å². The molecule has 0 bridgehead atoms. The maximum absolute atomic E-state index is 4.66. The minimum absolute atomic E-state index is 0.896. The smallest absolute Gasteiger partial charge is 0.156 e. The van der Waals surface area contributed by atoms with Crippen molar-refractivity contribution in [2.75, 3.05) is 31.1 Å². The van der Waals surface area contributed by atoms with Crippen molar-refractivity contribution < 1.29 is 4.90 Å². The topological polar surface area (TPSA) is 49.2 Å². The molecule has 2 fully saturated rings. The van der Waals surface area contributed by atoms with E-state index in [1.807, 2.05) is 4.90 Å². The molecule has 0 radical (unpaired) electrons. The Kier molecular flexibility index (Phi) is 4.04. The molecule has 1 aromatic carbocycles. The molecule has 1 aliphatic carbocycles. The molecule has 5 heteroatoms. The SMILES string of the molecule is Cc1ccc2c(c1)[nH]c1c(N3CC[NH+](C4CCCCC4)CC3)ncnc12. The third-order valence-electron chi connectivity index (χ3n) is 6.40. The molecule has 2 N–H and O–H groups in total. The minimum Gasteiger partial charge on any atom is -0.350 e. The van der Waals surface area contributed by atoms with Gasteiger partial charge in [-0.2, -0.15) is 0 Å². The van der Waals surface area contributed by atoms with Crippen LogP contribution in [0.5, 0.6) is 0 Å². The molecule has 5 rings (SSSR count). The lowest BCUT2D eigenvalue weighted by molar-refractivity contribution is -0.927. The van der Waals surface area contributed by atoms with Crippen LogP contribution in [-0.4, -0.2) is 47.2 Å². The highest BCUT2D eigenvalue weighted by molar-refractivity contribution is 6.08. The van der Waals surface area contributed by atoms with Crippen LogP contribution >= 0.6 is 0 Å². The summed E-state index contributed by atoms with van der Waals surface area (Å²) in [5.74, 6) is 1.08.